The normalized spacial score (nSPS) is 10.5. The van der Waals surface area contributed by atoms with E-state index in [-0.39, 0.29) is 0 Å². The molecule has 0 unspecified atom stereocenters. The van der Waals surface area contributed by atoms with Crippen LogP contribution < -0.4 is 0 Å². The van der Waals surface area contributed by atoms with Crippen molar-refractivity contribution < 1.29 is 0 Å². The Morgan fingerprint density at radius 3 is 2.64 bits per heavy atom. The second-order valence-electron chi connectivity index (χ2n) is 3.37. The zero-order chi connectivity index (χ0) is 8.27. The second-order valence-corrected chi connectivity index (χ2v) is 3.37. The van der Waals surface area contributed by atoms with E-state index in [2.05, 4.69) is 31.0 Å². The third-order valence-corrected chi connectivity index (χ3v) is 1.56. The van der Waals surface area contributed by atoms with Crippen molar-refractivity contribution >= 4 is 0 Å². The predicted molar refractivity (Wildman–Crippen MR) is 47.5 cm³/mol. The molecule has 11 heavy (non-hydrogen) atoms. The van der Waals surface area contributed by atoms with Crippen LogP contribution in [0.5, 0.6) is 0 Å². The SMILES string of the molecule is Cc1cccc(CC(C)C)n1. The maximum Gasteiger partial charge on any atom is 0.0409 e. The van der Waals surface area contributed by atoms with Crippen LogP contribution >= 0.6 is 0 Å². The molecule has 1 nitrogen and oxygen atoms in total. The zero-order valence-electron chi connectivity index (χ0n) is 7.46. The molecule has 0 aliphatic carbocycles. The molecule has 0 fully saturated rings. The number of pyridine rings is 1. The first-order chi connectivity index (χ1) is 5.18. The van der Waals surface area contributed by atoms with Crippen LogP contribution in [-0.2, 0) is 6.42 Å². The fourth-order valence-corrected chi connectivity index (χ4v) is 1.13. The summed E-state index contributed by atoms with van der Waals surface area (Å²) >= 11 is 0. The van der Waals surface area contributed by atoms with E-state index in [0.717, 1.165) is 12.1 Å². The second kappa shape index (κ2) is 3.51. The van der Waals surface area contributed by atoms with Gasteiger partial charge in [-0.1, -0.05) is 19.9 Å². The van der Waals surface area contributed by atoms with Crippen LogP contribution in [0.1, 0.15) is 25.2 Å². The Bertz CT molecular complexity index is 228. The molecule has 0 atom stereocenters. The van der Waals surface area contributed by atoms with Crippen molar-refractivity contribution in [3.8, 4) is 0 Å². The van der Waals surface area contributed by atoms with Gasteiger partial charge < -0.3 is 0 Å². The first-order valence-electron chi connectivity index (χ1n) is 4.11. The highest BCUT2D eigenvalue weighted by Gasteiger charge is 1.97. The molecule has 0 N–H and O–H groups in total. The Morgan fingerprint density at radius 2 is 2.09 bits per heavy atom. The van der Waals surface area contributed by atoms with Gasteiger partial charge in [-0.3, -0.25) is 4.98 Å². The van der Waals surface area contributed by atoms with Crippen LogP contribution in [0, 0.1) is 12.8 Å². The summed E-state index contributed by atoms with van der Waals surface area (Å²) in [6.45, 7) is 6.46. The summed E-state index contributed by atoms with van der Waals surface area (Å²) in [5, 5.41) is 0. The Hall–Kier alpha value is -0.850. The van der Waals surface area contributed by atoms with Gasteiger partial charge in [0.1, 0.15) is 0 Å². The molecule has 0 bridgehead atoms. The molecule has 0 spiro atoms. The number of hydrogen-bond acceptors (Lipinski definition) is 1. The molecule has 1 heterocycles. The Kier molecular flexibility index (Phi) is 2.64. The monoisotopic (exact) mass is 149 g/mol. The Morgan fingerprint density at radius 1 is 1.36 bits per heavy atom. The molecule has 0 aromatic carbocycles. The van der Waals surface area contributed by atoms with E-state index >= 15 is 0 Å². The molecule has 1 heteroatoms. The summed E-state index contributed by atoms with van der Waals surface area (Å²) in [6, 6.07) is 6.19. The molecule has 0 amide bonds. The highest BCUT2D eigenvalue weighted by atomic mass is 14.7. The third kappa shape index (κ3) is 2.71. The summed E-state index contributed by atoms with van der Waals surface area (Å²) in [7, 11) is 0. The van der Waals surface area contributed by atoms with Gasteiger partial charge in [-0.25, -0.2) is 0 Å². The molecule has 1 aromatic heterocycles. The van der Waals surface area contributed by atoms with Crippen LogP contribution in [0.15, 0.2) is 18.2 Å². The first kappa shape index (κ1) is 8.25. The van der Waals surface area contributed by atoms with Gasteiger partial charge in [0.2, 0.25) is 0 Å². The lowest BCUT2D eigenvalue weighted by Gasteiger charge is -2.03. The van der Waals surface area contributed by atoms with Crippen molar-refractivity contribution in [3.05, 3.63) is 29.6 Å². The topological polar surface area (TPSA) is 12.9 Å². The van der Waals surface area contributed by atoms with Crippen molar-refractivity contribution in [2.24, 2.45) is 5.92 Å². The molecule has 0 aliphatic rings. The lowest BCUT2D eigenvalue weighted by Crippen LogP contribution is -1.97. The minimum atomic E-state index is 0.698. The van der Waals surface area contributed by atoms with Crippen molar-refractivity contribution in [2.75, 3.05) is 0 Å². The van der Waals surface area contributed by atoms with Gasteiger partial charge in [0, 0.05) is 11.4 Å². The smallest absolute Gasteiger partial charge is 0.0409 e. The maximum absolute atomic E-state index is 4.41. The summed E-state index contributed by atoms with van der Waals surface area (Å²) in [5.41, 5.74) is 2.32. The van der Waals surface area contributed by atoms with Gasteiger partial charge in [0.05, 0.1) is 0 Å². The minimum absolute atomic E-state index is 0.698. The first-order valence-corrected chi connectivity index (χ1v) is 4.11. The lowest BCUT2D eigenvalue weighted by molar-refractivity contribution is 0.634. The molecule has 0 saturated carbocycles. The molecule has 1 rings (SSSR count). The van der Waals surface area contributed by atoms with E-state index in [9.17, 15) is 0 Å². The fourth-order valence-electron chi connectivity index (χ4n) is 1.13. The highest BCUT2D eigenvalue weighted by molar-refractivity contribution is 5.10. The lowest BCUT2D eigenvalue weighted by atomic mass is 10.1. The van der Waals surface area contributed by atoms with E-state index in [0.29, 0.717) is 5.92 Å². The van der Waals surface area contributed by atoms with Gasteiger partial charge in [-0.2, -0.15) is 0 Å². The summed E-state index contributed by atoms with van der Waals surface area (Å²) in [5.74, 6) is 0.698. The largest absolute Gasteiger partial charge is 0.258 e. The van der Waals surface area contributed by atoms with Gasteiger partial charge in [-0.15, -0.1) is 0 Å². The molecular weight excluding hydrogens is 134 g/mol. The van der Waals surface area contributed by atoms with E-state index < -0.39 is 0 Å². The van der Waals surface area contributed by atoms with E-state index in [1.165, 1.54) is 5.69 Å². The molecule has 0 saturated heterocycles. The zero-order valence-corrected chi connectivity index (χ0v) is 7.46. The molecule has 1 aromatic rings. The Labute approximate surface area is 68.5 Å². The van der Waals surface area contributed by atoms with E-state index in [1.807, 2.05) is 13.0 Å². The highest BCUT2D eigenvalue weighted by Crippen LogP contribution is 2.05. The average molecular weight is 149 g/mol. The van der Waals surface area contributed by atoms with Crippen LogP contribution in [0.3, 0.4) is 0 Å². The quantitative estimate of drug-likeness (QED) is 0.629. The number of nitrogens with zero attached hydrogens (tertiary/aromatic N) is 1. The average Bonchev–Trinajstić information content (AvgIpc) is 1.85. The van der Waals surface area contributed by atoms with E-state index in [1.54, 1.807) is 0 Å². The van der Waals surface area contributed by atoms with Crippen molar-refractivity contribution in [2.45, 2.75) is 27.2 Å². The fraction of sp³-hybridized carbons (Fsp3) is 0.500. The van der Waals surface area contributed by atoms with Gasteiger partial charge in [0.25, 0.3) is 0 Å². The van der Waals surface area contributed by atoms with Gasteiger partial charge in [-0.05, 0) is 31.4 Å². The number of aromatic nitrogens is 1. The maximum atomic E-state index is 4.41. The summed E-state index contributed by atoms with van der Waals surface area (Å²) in [4.78, 5) is 4.41. The number of rotatable bonds is 2. The summed E-state index contributed by atoms with van der Waals surface area (Å²) < 4.78 is 0. The molecule has 0 aliphatic heterocycles. The van der Waals surface area contributed by atoms with Gasteiger partial charge >= 0.3 is 0 Å². The van der Waals surface area contributed by atoms with Crippen molar-refractivity contribution in [3.63, 3.8) is 0 Å². The van der Waals surface area contributed by atoms with Gasteiger partial charge in [0.15, 0.2) is 0 Å². The number of aryl methyl sites for hydroxylation is 1. The van der Waals surface area contributed by atoms with Crippen LogP contribution in [-0.4, -0.2) is 4.98 Å². The van der Waals surface area contributed by atoms with E-state index in [4.69, 9.17) is 0 Å². The minimum Gasteiger partial charge on any atom is -0.258 e. The Balaban J connectivity index is 2.71. The number of hydrogen-bond donors (Lipinski definition) is 0. The van der Waals surface area contributed by atoms with Crippen LogP contribution in [0.2, 0.25) is 0 Å². The van der Waals surface area contributed by atoms with Crippen LogP contribution in [0.25, 0.3) is 0 Å². The molecule has 60 valence electrons. The molecule has 0 radical (unpaired) electrons. The molecular formula is C10H15N. The standard InChI is InChI=1S/C10H15N/c1-8(2)7-10-6-4-5-9(3)11-10/h4-6,8H,7H2,1-3H3. The van der Waals surface area contributed by atoms with Crippen molar-refractivity contribution in [1.29, 1.82) is 0 Å². The van der Waals surface area contributed by atoms with Crippen LogP contribution in [0.4, 0.5) is 0 Å². The third-order valence-electron chi connectivity index (χ3n) is 1.56. The predicted octanol–water partition coefficient (Wildman–Crippen LogP) is 2.59. The summed E-state index contributed by atoms with van der Waals surface area (Å²) in [6.07, 6.45) is 1.08. The van der Waals surface area contributed by atoms with Crippen molar-refractivity contribution in [1.82, 2.24) is 4.98 Å².